The summed E-state index contributed by atoms with van der Waals surface area (Å²) in [5.74, 6) is 0. The van der Waals surface area contributed by atoms with Crippen molar-refractivity contribution in [3.8, 4) is 11.4 Å². The first-order valence-corrected chi connectivity index (χ1v) is 6.98. The van der Waals surface area contributed by atoms with Gasteiger partial charge in [-0.1, -0.05) is 60.1 Å². The minimum absolute atomic E-state index is 0.412. The van der Waals surface area contributed by atoms with Gasteiger partial charge in [-0.3, -0.25) is 0 Å². The molecule has 0 N–H and O–H groups in total. The van der Waals surface area contributed by atoms with Gasteiger partial charge in [0.05, 0.1) is 11.2 Å². The molecule has 4 rings (SSSR count). The molecule has 0 aliphatic carbocycles. The van der Waals surface area contributed by atoms with E-state index in [0.717, 1.165) is 33.1 Å². The third-order valence-electron chi connectivity index (χ3n) is 3.48. The first-order chi connectivity index (χ1) is 10.3. The van der Waals surface area contributed by atoms with Gasteiger partial charge in [0.1, 0.15) is 5.69 Å². The summed E-state index contributed by atoms with van der Waals surface area (Å²) in [5.41, 5.74) is 2.49. The summed E-state index contributed by atoms with van der Waals surface area (Å²) in [4.78, 5) is 4.68. The molecule has 100 valence electrons. The Labute approximate surface area is 126 Å². The van der Waals surface area contributed by atoms with E-state index >= 15 is 0 Å². The SMILES string of the molecule is Clc1nnc(-c2ccc3ccccc3n2)c2ccccc12. The molecule has 2 aromatic heterocycles. The Balaban J connectivity index is 2.02. The normalized spacial score (nSPS) is 11.1. The summed E-state index contributed by atoms with van der Waals surface area (Å²) < 4.78 is 0. The fourth-order valence-corrected chi connectivity index (χ4v) is 2.66. The summed E-state index contributed by atoms with van der Waals surface area (Å²) in [6.07, 6.45) is 0. The minimum atomic E-state index is 0.412. The van der Waals surface area contributed by atoms with Crippen molar-refractivity contribution in [1.82, 2.24) is 15.2 Å². The number of aromatic nitrogens is 3. The number of hydrogen-bond acceptors (Lipinski definition) is 3. The lowest BCUT2D eigenvalue weighted by molar-refractivity contribution is 1.05. The monoisotopic (exact) mass is 291 g/mol. The maximum Gasteiger partial charge on any atom is 0.159 e. The van der Waals surface area contributed by atoms with E-state index in [1.807, 2.05) is 60.7 Å². The number of halogens is 1. The van der Waals surface area contributed by atoms with Crippen LogP contribution in [0.5, 0.6) is 0 Å². The zero-order valence-electron chi connectivity index (χ0n) is 11.0. The number of benzene rings is 2. The molecular formula is C17H10ClN3. The Kier molecular flexibility index (Phi) is 2.79. The Bertz CT molecular complexity index is 966. The maximum atomic E-state index is 6.12. The number of fused-ring (bicyclic) bond motifs is 2. The molecule has 0 unspecified atom stereocenters. The van der Waals surface area contributed by atoms with Crippen LogP contribution in [0.2, 0.25) is 5.15 Å². The molecular weight excluding hydrogens is 282 g/mol. The van der Waals surface area contributed by atoms with Crippen molar-refractivity contribution in [2.24, 2.45) is 0 Å². The Morgan fingerprint density at radius 3 is 2.38 bits per heavy atom. The first kappa shape index (κ1) is 12.2. The van der Waals surface area contributed by atoms with E-state index in [4.69, 9.17) is 11.6 Å². The molecule has 0 aliphatic heterocycles. The number of para-hydroxylation sites is 1. The van der Waals surface area contributed by atoms with Crippen LogP contribution in [0.3, 0.4) is 0 Å². The van der Waals surface area contributed by atoms with Gasteiger partial charge in [0.2, 0.25) is 0 Å². The van der Waals surface area contributed by atoms with Crippen LogP contribution in [0.4, 0.5) is 0 Å². The molecule has 0 fully saturated rings. The molecule has 2 heterocycles. The lowest BCUT2D eigenvalue weighted by Gasteiger charge is -2.06. The van der Waals surface area contributed by atoms with Crippen molar-refractivity contribution in [3.63, 3.8) is 0 Å². The van der Waals surface area contributed by atoms with Gasteiger partial charge in [-0.25, -0.2) is 4.98 Å². The highest BCUT2D eigenvalue weighted by atomic mass is 35.5. The molecule has 0 saturated carbocycles. The molecule has 0 saturated heterocycles. The zero-order valence-corrected chi connectivity index (χ0v) is 11.7. The van der Waals surface area contributed by atoms with Crippen molar-refractivity contribution in [2.45, 2.75) is 0 Å². The van der Waals surface area contributed by atoms with Gasteiger partial charge in [-0.05, 0) is 12.1 Å². The third-order valence-corrected chi connectivity index (χ3v) is 3.76. The van der Waals surface area contributed by atoms with Crippen LogP contribution < -0.4 is 0 Å². The van der Waals surface area contributed by atoms with E-state index < -0.39 is 0 Å². The number of rotatable bonds is 1. The van der Waals surface area contributed by atoms with Crippen molar-refractivity contribution in [2.75, 3.05) is 0 Å². The van der Waals surface area contributed by atoms with Gasteiger partial charge in [0.15, 0.2) is 5.15 Å². The Morgan fingerprint density at radius 2 is 1.48 bits per heavy atom. The fourth-order valence-electron chi connectivity index (χ4n) is 2.46. The van der Waals surface area contributed by atoms with Crippen LogP contribution in [0.15, 0.2) is 60.7 Å². The highest BCUT2D eigenvalue weighted by Gasteiger charge is 2.10. The lowest BCUT2D eigenvalue weighted by Crippen LogP contribution is -1.93. The second-order valence-electron chi connectivity index (χ2n) is 4.77. The highest BCUT2D eigenvalue weighted by Crippen LogP contribution is 2.29. The second kappa shape index (κ2) is 4.79. The highest BCUT2D eigenvalue weighted by molar-refractivity contribution is 6.34. The smallest absolute Gasteiger partial charge is 0.159 e. The molecule has 3 nitrogen and oxygen atoms in total. The average Bonchev–Trinajstić information content (AvgIpc) is 2.55. The second-order valence-corrected chi connectivity index (χ2v) is 5.13. The molecule has 0 spiro atoms. The van der Waals surface area contributed by atoms with Gasteiger partial charge in [0, 0.05) is 16.2 Å². The maximum absolute atomic E-state index is 6.12. The number of nitrogens with zero attached hydrogens (tertiary/aromatic N) is 3. The van der Waals surface area contributed by atoms with E-state index in [-0.39, 0.29) is 0 Å². The average molecular weight is 292 g/mol. The predicted octanol–water partition coefficient (Wildman–Crippen LogP) is 4.50. The van der Waals surface area contributed by atoms with Crippen LogP contribution in [0.1, 0.15) is 0 Å². The van der Waals surface area contributed by atoms with E-state index in [9.17, 15) is 0 Å². The zero-order chi connectivity index (χ0) is 14.2. The van der Waals surface area contributed by atoms with Crippen molar-refractivity contribution < 1.29 is 0 Å². The molecule has 4 heteroatoms. The molecule has 2 aromatic carbocycles. The van der Waals surface area contributed by atoms with Gasteiger partial charge in [0.25, 0.3) is 0 Å². The van der Waals surface area contributed by atoms with Gasteiger partial charge < -0.3 is 0 Å². The molecule has 21 heavy (non-hydrogen) atoms. The molecule has 0 bridgehead atoms. The summed E-state index contributed by atoms with van der Waals surface area (Å²) >= 11 is 6.12. The van der Waals surface area contributed by atoms with Gasteiger partial charge in [-0.15, -0.1) is 10.2 Å². The molecule has 0 atom stereocenters. The van der Waals surface area contributed by atoms with Gasteiger partial charge in [-0.2, -0.15) is 0 Å². The van der Waals surface area contributed by atoms with Gasteiger partial charge >= 0.3 is 0 Å². The van der Waals surface area contributed by atoms with E-state index in [1.54, 1.807) is 0 Å². The quantitative estimate of drug-likeness (QED) is 0.518. The number of hydrogen-bond donors (Lipinski definition) is 0. The summed E-state index contributed by atoms with van der Waals surface area (Å²) in [6, 6.07) is 19.8. The molecule has 0 aliphatic rings. The van der Waals surface area contributed by atoms with Crippen LogP contribution in [-0.4, -0.2) is 15.2 Å². The standard InChI is InChI=1S/C17H10ClN3/c18-17-13-7-3-2-6-12(13)16(20-21-17)15-10-9-11-5-1-4-8-14(11)19-15/h1-10H. The number of pyridine rings is 1. The van der Waals surface area contributed by atoms with Crippen LogP contribution in [-0.2, 0) is 0 Å². The Hall–Kier alpha value is -2.52. The van der Waals surface area contributed by atoms with E-state index in [1.165, 1.54) is 0 Å². The molecule has 0 amide bonds. The van der Waals surface area contributed by atoms with E-state index in [0.29, 0.717) is 5.15 Å². The van der Waals surface area contributed by atoms with Crippen molar-refractivity contribution in [1.29, 1.82) is 0 Å². The lowest BCUT2D eigenvalue weighted by atomic mass is 10.1. The van der Waals surface area contributed by atoms with Crippen molar-refractivity contribution in [3.05, 3.63) is 65.8 Å². The van der Waals surface area contributed by atoms with Crippen LogP contribution >= 0.6 is 11.6 Å². The predicted molar refractivity (Wildman–Crippen MR) is 85.3 cm³/mol. The Morgan fingerprint density at radius 1 is 0.714 bits per heavy atom. The van der Waals surface area contributed by atoms with Crippen LogP contribution in [0, 0.1) is 0 Å². The summed E-state index contributed by atoms with van der Waals surface area (Å²) in [7, 11) is 0. The summed E-state index contributed by atoms with van der Waals surface area (Å²) in [6.45, 7) is 0. The van der Waals surface area contributed by atoms with E-state index in [2.05, 4.69) is 15.2 Å². The third kappa shape index (κ3) is 2.03. The largest absolute Gasteiger partial charge is 0.246 e. The fraction of sp³-hybridized carbons (Fsp3) is 0. The topological polar surface area (TPSA) is 38.7 Å². The molecule has 4 aromatic rings. The first-order valence-electron chi connectivity index (χ1n) is 6.60. The molecule has 0 radical (unpaired) electrons. The summed E-state index contributed by atoms with van der Waals surface area (Å²) in [5, 5.41) is 11.6. The minimum Gasteiger partial charge on any atom is -0.246 e. The van der Waals surface area contributed by atoms with Crippen LogP contribution in [0.25, 0.3) is 33.1 Å². The van der Waals surface area contributed by atoms with Crippen molar-refractivity contribution >= 4 is 33.3 Å².